The molecule has 0 spiro atoms. The van der Waals surface area contributed by atoms with Crippen LogP contribution in [-0.4, -0.2) is 55.4 Å². The molecular formula is C14H26N2O3S. The number of hydrogen-bond acceptors (Lipinski definition) is 3. The van der Waals surface area contributed by atoms with Crippen molar-refractivity contribution in [2.45, 2.75) is 57.6 Å². The number of fused-ring (bicyclic) bond motifs is 1. The minimum atomic E-state index is -3.30. The zero-order valence-corrected chi connectivity index (χ0v) is 13.1. The summed E-state index contributed by atoms with van der Waals surface area (Å²) < 4.78 is 35.1. The minimum absolute atomic E-state index is 0.0692. The molecule has 0 unspecified atom stereocenters. The highest BCUT2D eigenvalue weighted by atomic mass is 32.2. The number of hydrogen-bond donors (Lipinski definition) is 0. The lowest BCUT2D eigenvalue weighted by Gasteiger charge is -2.45. The number of rotatable bonds is 2. The molecule has 6 heteroatoms. The highest BCUT2D eigenvalue weighted by Crippen LogP contribution is 2.32. The van der Waals surface area contributed by atoms with Crippen molar-refractivity contribution in [1.29, 1.82) is 0 Å². The second kappa shape index (κ2) is 5.91. The first-order valence-electron chi connectivity index (χ1n) is 7.97. The first-order valence-corrected chi connectivity index (χ1v) is 9.37. The Hall–Kier alpha value is -0.170. The van der Waals surface area contributed by atoms with Gasteiger partial charge in [-0.3, -0.25) is 0 Å². The van der Waals surface area contributed by atoms with E-state index in [1.165, 1.54) is 0 Å². The predicted octanol–water partition coefficient (Wildman–Crippen LogP) is 1.61. The lowest BCUT2D eigenvalue weighted by atomic mass is 9.91. The SMILES string of the molecule is C[C@@H]1CCCN(S(=O)(=O)N2CCO[C@@H]3CCCC[C@H]32)C1. The highest BCUT2D eigenvalue weighted by Gasteiger charge is 2.43. The molecule has 3 atom stereocenters. The van der Waals surface area contributed by atoms with Crippen molar-refractivity contribution >= 4 is 10.2 Å². The summed E-state index contributed by atoms with van der Waals surface area (Å²) in [6.45, 7) is 4.57. The molecule has 0 aromatic carbocycles. The molecule has 3 rings (SSSR count). The van der Waals surface area contributed by atoms with Crippen LogP contribution in [0, 0.1) is 5.92 Å². The lowest BCUT2D eigenvalue weighted by Crippen LogP contribution is -2.59. The summed E-state index contributed by atoms with van der Waals surface area (Å²) in [4.78, 5) is 0. The molecule has 5 nitrogen and oxygen atoms in total. The maximum Gasteiger partial charge on any atom is 0.282 e. The molecule has 0 bridgehead atoms. The molecule has 1 saturated carbocycles. The van der Waals surface area contributed by atoms with E-state index in [-0.39, 0.29) is 12.1 Å². The van der Waals surface area contributed by atoms with Crippen LogP contribution in [-0.2, 0) is 14.9 Å². The first kappa shape index (κ1) is 14.8. The van der Waals surface area contributed by atoms with Crippen molar-refractivity contribution in [3.05, 3.63) is 0 Å². The van der Waals surface area contributed by atoms with Crippen LogP contribution in [0.15, 0.2) is 0 Å². The van der Waals surface area contributed by atoms with E-state index in [0.717, 1.165) is 38.5 Å². The quantitative estimate of drug-likeness (QED) is 0.778. The topological polar surface area (TPSA) is 49.9 Å². The van der Waals surface area contributed by atoms with Gasteiger partial charge in [-0.1, -0.05) is 19.8 Å². The van der Waals surface area contributed by atoms with E-state index in [2.05, 4.69) is 6.92 Å². The zero-order valence-electron chi connectivity index (χ0n) is 12.3. The standard InChI is InChI=1S/C14H26N2O3S/c1-12-5-4-8-15(11-12)20(17,18)16-9-10-19-14-7-3-2-6-13(14)16/h12-14H,2-11H2,1H3/t12-,13-,14-/m1/s1. The van der Waals surface area contributed by atoms with Gasteiger partial charge >= 0.3 is 0 Å². The van der Waals surface area contributed by atoms with Crippen LogP contribution in [0.5, 0.6) is 0 Å². The summed E-state index contributed by atoms with van der Waals surface area (Å²) in [6, 6.07) is 0.0692. The van der Waals surface area contributed by atoms with Crippen molar-refractivity contribution in [3.63, 3.8) is 0 Å². The van der Waals surface area contributed by atoms with Gasteiger partial charge in [0.2, 0.25) is 0 Å². The molecule has 1 aliphatic carbocycles. The van der Waals surface area contributed by atoms with Gasteiger partial charge in [0.1, 0.15) is 0 Å². The molecule has 0 radical (unpaired) electrons. The number of nitrogens with zero attached hydrogens (tertiary/aromatic N) is 2. The molecule has 0 N–H and O–H groups in total. The lowest BCUT2D eigenvalue weighted by molar-refractivity contribution is -0.0605. The monoisotopic (exact) mass is 302 g/mol. The molecule has 116 valence electrons. The number of ether oxygens (including phenoxy) is 1. The number of morpholine rings is 1. The Kier molecular flexibility index (Phi) is 4.36. The molecule has 0 aromatic heterocycles. The van der Waals surface area contributed by atoms with Gasteiger partial charge in [0.25, 0.3) is 10.2 Å². The second-order valence-corrected chi connectivity index (χ2v) is 8.37. The maximum absolute atomic E-state index is 12.9. The van der Waals surface area contributed by atoms with Crippen LogP contribution >= 0.6 is 0 Å². The third-order valence-electron chi connectivity index (χ3n) is 4.92. The summed E-state index contributed by atoms with van der Waals surface area (Å²) >= 11 is 0. The van der Waals surface area contributed by atoms with Crippen LogP contribution in [0.25, 0.3) is 0 Å². The van der Waals surface area contributed by atoms with E-state index >= 15 is 0 Å². The fourth-order valence-corrected chi connectivity index (χ4v) is 5.84. The molecule has 2 aliphatic heterocycles. The third kappa shape index (κ3) is 2.75. The molecule has 3 fully saturated rings. The molecule has 20 heavy (non-hydrogen) atoms. The van der Waals surface area contributed by atoms with E-state index in [4.69, 9.17) is 4.74 Å². The second-order valence-electron chi connectivity index (χ2n) is 6.48. The van der Waals surface area contributed by atoms with Crippen LogP contribution < -0.4 is 0 Å². The Labute approximate surface area is 122 Å². The van der Waals surface area contributed by atoms with E-state index in [1.54, 1.807) is 8.61 Å². The summed E-state index contributed by atoms with van der Waals surface area (Å²) in [5.74, 6) is 0.474. The Bertz CT molecular complexity index is 438. The largest absolute Gasteiger partial charge is 0.375 e. The van der Waals surface area contributed by atoms with E-state index in [9.17, 15) is 8.42 Å². The maximum atomic E-state index is 12.9. The Morgan fingerprint density at radius 2 is 1.85 bits per heavy atom. The molecule has 2 heterocycles. The van der Waals surface area contributed by atoms with Crippen molar-refractivity contribution < 1.29 is 13.2 Å². The fraction of sp³-hybridized carbons (Fsp3) is 1.00. The van der Waals surface area contributed by atoms with E-state index in [0.29, 0.717) is 32.2 Å². The van der Waals surface area contributed by atoms with Gasteiger partial charge in [0.05, 0.1) is 18.8 Å². The van der Waals surface area contributed by atoms with Crippen LogP contribution in [0.1, 0.15) is 45.4 Å². The van der Waals surface area contributed by atoms with Gasteiger partial charge in [-0.25, -0.2) is 0 Å². The van der Waals surface area contributed by atoms with Gasteiger partial charge in [-0.2, -0.15) is 17.0 Å². The Morgan fingerprint density at radius 3 is 2.65 bits per heavy atom. The summed E-state index contributed by atoms with van der Waals surface area (Å²) in [7, 11) is -3.30. The Balaban J connectivity index is 1.78. The molecular weight excluding hydrogens is 276 g/mol. The molecule has 0 amide bonds. The van der Waals surface area contributed by atoms with E-state index < -0.39 is 10.2 Å². The van der Waals surface area contributed by atoms with Gasteiger partial charge in [-0.15, -0.1) is 0 Å². The molecule has 2 saturated heterocycles. The summed E-state index contributed by atoms with van der Waals surface area (Å²) in [5, 5.41) is 0. The first-order chi connectivity index (χ1) is 9.59. The minimum Gasteiger partial charge on any atom is -0.375 e. The highest BCUT2D eigenvalue weighted by molar-refractivity contribution is 7.86. The summed E-state index contributed by atoms with van der Waals surface area (Å²) in [6.07, 6.45) is 6.48. The smallest absolute Gasteiger partial charge is 0.282 e. The van der Waals surface area contributed by atoms with Crippen LogP contribution in [0.4, 0.5) is 0 Å². The average Bonchev–Trinajstić information content (AvgIpc) is 2.46. The molecule has 0 aromatic rings. The van der Waals surface area contributed by atoms with Crippen molar-refractivity contribution in [1.82, 2.24) is 8.61 Å². The van der Waals surface area contributed by atoms with Gasteiger partial charge in [-0.05, 0) is 31.6 Å². The third-order valence-corrected chi connectivity index (χ3v) is 6.95. The van der Waals surface area contributed by atoms with Crippen LogP contribution in [0.3, 0.4) is 0 Å². The summed E-state index contributed by atoms with van der Waals surface area (Å²) in [5.41, 5.74) is 0. The number of piperidine rings is 1. The van der Waals surface area contributed by atoms with Crippen molar-refractivity contribution in [2.24, 2.45) is 5.92 Å². The Morgan fingerprint density at radius 1 is 1.05 bits per heavy atom. The fourth-order valence-electron chi connectivity index (χ4n) is 3.85. The molecule has 3 aliphatic rings. The van der Waals surface area contributed by atoms with Crippen molar-refractivity contribution in [2.75, 3.05) is 26.2 Å². The van der Waals surface area contributed by atoms with Gasteiger partial charge in [0.15, 0.2) is 0 Å². The average molecular weight is 302 g/mol. The van der Waals surface area contributed by atoms with Gasteiger partial charge in [0, 0.05) is 19.6 Å². The predicted molar refractivity (Wildman–Crippen MR) is 77.6 cm³/mol. The normalized spacial score (nSPS) is 37.5. The van der Waals surface area contributed by atoms with E-state index in [1.807, 2.05) is 0 Å². The zero-order chi connectivity index (χ0) is 14.2. The van der Waals surface area contributed by atoms with Gasteiger partial charge < -0.3 is 4.74 Å². The van der Waals surface area contributed by atoms with Crippen LogP contribution in [0.2, 0.25) is 0 Å². The van der Waals surface area contributed by atoms with Crippen molar-refractivity contribution in [3.8, 4) is 0 Å².